The van der Waals surface area contributed by atoms with Gasteiger partial charge >= 0.3 is 0 Å². The molecule has 2 atom stereocenters. The average molecular weight is 509 g/mol. The number of allylic oxidation sites excluding steroid dienone is 2. The third-order valence-electron chi connectivity index (χ3n) is 7.18. The van der Waals surface area contributed by atoms with Crippen LogP contribution >= 0.6 is 0 Å². The minimum Gasteiger partial charge on any atom is -0.493 e. The minimum atomic E-state index is -0.356. The van der Waals surface area contributed by atoms with Crippen molar-refractivity contribution in [1.29, 1.82) is 0 Å². The van der Waals surface area contributed by atoms with E-state index in [4.69, 9.17) is 14.2 Å². The molecule has 0 spiro atoms. The van der Waals surface area contributed by atoms with Gasteiger partial charge in [0.15, 0.2) is 17.3 Å². The molecule has 1 aliphatic heterocycles. The molecule has 1 aliphatic carbocycles. The molecule has 0 amide bonds. The van der Waals surface area contributed by atoms with Gasteiger partial charge in [-0.05, 0) is 53.3 Å². The second-order valence-electron chi connectivity index (χ2n) is 9.43. The Kier molecular flexibility index (Phi) is 6.29. The van der Waals surface area contributed by atoms with Crippen LogP contribution in [0, 0.1) is 0 Å². The summed E-state index contributed by atoms with van der Waals surface area (Å²) in [6.07, 6.45) is 2.59. The van der Waals surface area contributed by atoms with Crippen molar-refractivity contribution in [3.8, 4) is 17.2 Å². The molecule has 8 heteroatoms. The van der Waals surface area contributed by atoms with Gasteiger partial charge in [-0.3, -0.25) is 4.79 Å². The third kappa shape index (κ3) is 4.38. The van der Waals surface area contributed by atoms with Crippen molar-refractivity contribution < 1.29 is 19.0 Å². The molecule has 0 fully saturated rings. The lowest BCUT2D eigenvalue weighted by molar-refractivity contribution is -0.116. The number of aromatic nitrogens is 3. The fourth-order valence-electron chi connectivity index (χ4n) is 5.29. The molecule has 0 bridgehead atoms. The summed E-state index contributed by atoms with van der Waals surface area (Å²) in [6.45, 7) is 0.492. The van der Waals surface area contributed by atoms with E-state index in [0.29, 0.717) is 36.9 Å². The van der Waals surface area contributed by atoms with Crippen LogP contribution in [0.5, 0.6) is 17.2 Å². The van der Waals surface area contributed by atoms with E-state index in [1.54, 1.807) is 18.9 Å². The lowest BCUT2D eigenvalue weighted by atomic mass is 9.78. The lowest BCUT2D eigenvalue weighted by Gasteiger charge is -2.35. The van der Waals surface area contributed by atoms with Gasteiger partial charge in [0.1, 0.15) is 24.7 Å². The first-order valence-electron chi connectivity index (χ1n) is 12.6. The highest BCUT2D eigenvalue weighted by Crippen LogP contribution is 2.45. The van der Waals surface area contributed by atoms with Crippen LogP contribution in [-0.4, -0.2) is 34.8 Å². The molecule has 2 heterocycles. The second-order valence-corrected chi connectivity index (χ2v) is 9.43. The summed E-state index contributed by atoms with van der Waals surface area (Å²) in [4.78, 5) is 18.1. The summed E-state index contributed by atoms with van der Waals surface area (Å²) in [5, 5.41) is 7.83. The number of fused-ring (bicyclic) bond motifs is 1. The minimum absolute atomic E-state index is 0.0115. The van der Waals surface area contributed by atoms with Crippen molar-refractivity contribution in [2.45, 2.75) is 31.4 Å². The Bertz CT molecular complexity index is 1490. The number of Topliss-reactive ketones (excluding diaryl/α,β-unsaturated/α-hetero) is 1. The summed E-state index contributed by atoms with van der Waals surface area (Å²) in [6, 6.07) is 23.4. The number of carbonyl (C=O) groups is 1. The highest BCUT2D eigenvalue weighted by molar-refractivity contribution is 6.00. The van der Waals surface area contributed by atoms with Crippen LogP contribution in [0.3, 0.4) is 0 Å². The fourth-order valence-corrected chi connectivity index (χ4v) is 5.29. The van der Waals surface area contributed by atoms with Crippen LogP contribution in [0.1, 0.15) is 41.5 Å². The van der Waals surface area contributed by atoms with E-state index in [1.165, 1.54) is 6.33 Å². The van der Waals surface area contributed by atoms with Crippen molar-refractivity contribution in [1.82, 2.24) is 14.8 Å². The van der Waals surface area contributed by atoms with Gasteiger partial charge in [-0.25, -0.2) is 4.68 Å². The van der Waals surface area contributed by atoms with Gasteiger partial charge in [-0.15, -0.1) is 0 Å². The molecule has 1 aromatic heterocycles. The molecule has 1 N–H and O–H groups in total. The Hall–Kier alpha value is -4.59. The summed E-state index contributed by atoms with van der Waals surface area (Å²) in [7, 11) is 3.23. The largest absolute Gasteiger partial charge is 0.493 e. The molecule has 3 aromatic carbocycles. The van der Waals surface area contributed by atoms with E-state index in [2.05, 4.69) is 15.4 Å². The lowest BCUT2D eigenvalue weighted by Crippen LogP contribution is -2.33. The third-order valence-corrected chi connectivity index (χ3v) is 7.18. The molecule has 192 valence electrons. The van der Waals surface area contributed by atoms with Crippen LogP contribution in [0.15, 0.2) is 90.4 Å². The maximum absolute atomic E-state index is 13.7. The normalized spacial score (nSPS) is 18.3. The van der Waals surface area contributed by atoms with E-state index in [1.807, 2.05) is 72.8 Å². The van der Waals surface area contributed by atoms with Gasteiger partial charge in [0.05, 0.1) is 14.2 Å². The molecule has 0 saturated carbocycles. The first kappa shape index (κ1) is 23.8. The number of anilines is 1. The van der Waals surface area contributed by atoms with Crippen molar-refractivity contribution in [3.63, 3.8) is 0 Å². The predicted molar refractivity (Wildman–Crippen MR) is 143 cm³/mol. The van der Waals surface area contributed by atoms with Crippen LogP contribution in [0.4, 0.5) is 5.95 Å². The van der Waals surface area contributed by atoms with Gasteiger partial charge < -0.3 is 19.5 Å². The van der Waals surface area contributed by atoms with Crippen LogP contribution < -0.4 is 19.5 Å². The zero-order valence-corrected chi connectivity index (χ0v) is 21.3. The summed E-state index contributed by atoms with van der Waals surface area (Å²) >= 11 is 0. The molecule has 8 nitrogen and oxygen atoms in total. The zero-order valence-electron chi connectivity index (χ0n) is 21.3. The van der Waals surface area contributed by atoms with Crippen molar-refractivity contribution in [3.05, 3.63) is 107 Å². The quantitative estimate of drug-likeness (QED) is 0.363. The number of ketones is 1. The highest BCUT2D eigenvalue weighted by Gasteiger charge is 2.39. The molecule has 0 saturated heterocycles. The number of methoxy groups -OCH3 is 2. The Morgan fingerprint density at radius 2 is 1.68 bits per heavy atom. The van der Waals surface area contributed by atoms with E-state index in [9.17, 15) is 4.79 Å². The van der Waals surface area contributed by atoms with Gasteiger partial charge in [0.25, 0.3) is 0 Å². The number of ether oxygens (including phenoxy) is 3. The van der Waals surface area contributed by atoms with Crippen molar-refractivity contribution >= 4 is 11.7 Å². The van der Waals surface area contributed by atoms with Gasteiger partial charge in [0.2, 0.25) is 5.95 Å². The smallest absolute Gasteiger partial charge is 0.226 e. The summed E-state index contributed by atoms with van der Waals surface area (Å²) in [5.41, 5.74) is 4.71. The van der Waals surface area contributed by atoms with E-state index < -0.39 is 0 Å². The fraction of sp³-hybridized carbons (Fsp3) is 0.233. The standard InChI is InChI=1S/C30H28N4O4/c1-36-26-13-10-21(16-27(26)37-2)22-14-24-28(25(35)15-22)29(34-30(33-24)31-18-32-34)20-8-11-23(12-9-20)38-17-19-6-4-3-5-7-19/h3-13,16,18,22,29H,14-15,17H2,1-2H3,(H,31,32,33)/t22-,29-/m1/s1. The number of rotatable bonds is 7. The Morgan fingerprint density at radius 3 is 2.45 bits per heavy atom. The molecule has 2 aliphatic rings. The number of benzene rings is 3. The highest BCUT2D eigenvalue weighted by atomic mass is 16.5. The number of nitrogens with one attached hydrogen (secondary N) is 1. The average Bonchev–Trinajstić information content (AvgIpc) is 3.43. The van der Waals surface area contributed by atoms with Crippen molar-refractivity contribution in [2.75, 3.05) is 19.5 Å². The second kappa shape index (κ2) is 10.0. The maximum atomic E-state index is 13.7. The summed E-state index contributed by atoms with van der Waals surface area (Å²) in [5.74, 6) is 2.81. The first-order chi connectivity index (χ1) is 18.6. The maximum Gasteiger partial charge on any atom is 0.226 e. The first-order valence-corrected chi connectivity index (χ1v) is 12.6. The van der Waals surface area contributed by atoms with E-state index in [-0.39, 0.29) is 17.7 Å². The molecule has 38 heavy (non-hydrogen) atoms. The van der Waals surface area contributed by atoms with E-state index in [0.717, 1.165) is 33.7 Å². The predicted octanol–water partition coefficient (Wildman–Crippen LogP) is 5.29. The van der Waals surface area contributed by atoms with E-state index >= 15 is 0 Å². The van der Waals surface area contributed by atoms with Gasteiger partial charge in [-0.2, -0.15) is 10.1 Å². The molecular weight excluding hydrogens is 480 g/mol. The molecule has 4 aromatic rings. The number of nitrogens with zero attached hydrogens (tertiary/aromatic N) is 3. The van der Waals surface area contributed by atoms with Crippen molar-refractivity contribution in [2.24, 2.45) is 0 Å². The monoisotopic (exact) mass is 508 g/mol. The SMILES string of the molecule is COc1ccc([C@H]2CC(=O)C3=C(C2)Nc2ncnn2[C@@H]3c2ccc(OCc3ccccc3)cc2)cc1OC. The Labute approximate surface area is 220 Å². The Morgan fingerprint density at radius 1 is 0.921 bits per heavy atom. The van der Waals surface area contributed by atoms with Crippen LogP contribution in [-0.2, 0) is 11.4 Å². The topological polar surface area (TPSA) is 87.5 Å². The molecule has 6 rings (SSSR count). The van der Waals surface area contributed by atoms with Crippen LogP contribution in [0.2, 0.25) is 0 Å². The zero-order chi connectivity index (χ0) is 26.1. The van der Waals surface area contributed by atoms with Gasteiger partial charge in [-0.1, -0.05) is 48.5 Å². The number of hydrogen-bond donors (Lipinski definition) is 1. The summed E-state index contributed by atoms with van der Waals surface area (Å²) < 4.78 is 18.6. The molecule has 0 radical (unpaired) electrons. The molecular formula is C30H28N4O4. The van der Waals surface area contributed by atoms with Gasteiger partial charge in [0, 0.05) is 17.7 Å². The molecule has 0 unspecified atom stereocenters. The number of hydrogen-bond acceptors (Lipinski definition) is 7. The van der Waals surface area contributed by atoms with Crippen LogP contribution in [0.25, 0.3) is 0 Å². The Balaban J connectivity index is 1.29. The number of carbonyl (C=O) groups excluding carboxylic acids is 1.